The molecule has 0 atom stereocenters. The van der Waals surface area contributed by atoms with Crippen LogP contribution in [0.1, 0.15) is 35.0 Å². The predicted molar refractivity (Wildman–Crippen MR) is 101 cm³/mol. The van der Waals surface area contributed by atoms with E-state index in [9.17, 15) is 4.79 Å². The van der Waals surface area contributed by atoms with E-state index in [4.69, 9.17) is 8.83 Å². The van der Waals surface area contributed by atoms with Crippen LogP contribution in [0.3, 0.4) is 0 Å². The largest absolute Gasteiger partial charge is 0.472 e. The van der Waals surface area contributed by atoms with Crippen molar-refractivity contribution < 1.29 is 13.6 Å². The Labute approximate surface area is 157 Å². The van der Waals surface area contributed by atoms with E-state index in [1.165, 1.54) is 0 Å². The van der Waals surface area contributed by atoms with Gasteiger partial charge in [-0.15, -0.1) is 10.2 Å². The first kappa shape index (κ1) is 17.3. The molecule has 1 amide bonds. The van der Waals surface area contributed by atoms with Crippen molar-refractivity contribution in [3.05, 3.63) is 54.3 Å². The molecular formula is C20H22N4O3. The zero-order valence-electron chi connectivity index (χ0n) is 15.5. The molecule has 27 heavy (non-hydrogen) atoms. The van der Waals surface area contributed by atoms with Crippen LogP contribution < -0.4 is 4.90 Å². The summed E-state index contributed by atoms with van der Waals surface area (Å²) in [5, 5.41) is 8.28. The molecule has 1 fully saturated rings. The third-order valence-electron chi connectivity index (χ3n) is 4.97. The second-order valence-corrected chi connectivity index (χ2v) is 6.97. The van der Waals surface area contributed by atoms with Gasteiger partial charge < -0.3 is 18.6 Å². The number of anilines is 1. The van der Waals surface area contributed by atoms with Crippen LogP contribution in [0.5, 0.6) is 0 Å². The van der Waals surface area contributed by atoms with E-state index in [-0.39, 0.29) is 11.8 Å². The van der Waals surface area contributed by atoms with E-state index in [1.54, 1.807) is 18.6 Å². The molecule has 0 unspecified atom stereocenters. The van der Waals surface area contributed by atoms with Crippen LogP contribution >= 0.6 is 0 Å². The smallest absolute Gasteiger partial charge is 0.253 e. The Balaban J connectivity index is 1.38. The summed E-state index contributed by atoms with van der Waals surface area (Å²) < 4.78 is 10.8. The van der Waals surface area contributed by atoms with Gasteiger partial charge in [-0.25, -0.2) is 0 Å². The zero-order valence-corrected chi connectivity index (χ0v) is 15.5. The lowest BCUT2D eigenvalue weighted by atomic mass is 9.96. The van der Waals surface area contributed by atoms with Gasteiger partial charge in [-0.2, -0.15) is 0 Å². The molecule has 0 N–H and O–H groups in total. The van der Waals surface area contributed by atoms with Gasteiger partial charge in [0.1, 0.15) is 6.26 Å². The summed E-state index contributed by atoms with van der Waals surface area (Å²) >= 11 is 0. The van der Waals surface area contributed by atoms with E-state index in [0.29, 0.717) is 24.9 Å². The van der Waals surface area contributed by atoms with E-state index >= 15 is 0 Å². The Morgan fingerprint density at radius 2 is 1.85 bits per heavy atom. The van der Waals surface area contributed by atoms with E-state index in [2.05, 4.69) is 10.2 Å². The maximum Gasteiger partial charge on any atom is 0.253 e. The highest BCUT2D eigenvalue weighted by atomic mass is 16.4. The van der Waals surface area contributed by atoms with Crippen molar-refractivity contribution in [1.29, 1.82) is 0 Å². The molecule has 4 rings (SSSR count). The number of piperidine rings is 1. The molecule has 7 nitrogen and oxygen atoms in total. The lowest BCUT2D eigenvalue weighted by Crippen LogP contribution is -2.38. The molecule has 3 aromatic rings. The quantitative estimate of drug-likeness (QED) is 0.704. The van der Waals surface area contributed by atoms with Crippen molar-refractivity contribution in [2.24, 2.45) is 0 Å². The number of carbonyl (C=O) groups is 1. The highest BCUT2D eigenvalue weighted by molar-refractivity contribution is 5.94. The lowest BCUT2D eigenvalue weighted by Gasteiger charge is -2.30. The number of hydrogen-bond acceptors (Lipinski definition) is 6. The molecular weight excluding hydrogens is 344 g/mol. The Hall–Kier alpha value is -3.09. The van der Waals surface area contributed by atoms with Gasteiger partial charge in [0.25, 0.3) is 11.8 Å². The standard InChI is InChI=1S/C20H22N4O3/c1-23(2)17-5-3-15(4-6-17)20(25)24-10-7-14(8-11-24)18-21-22-19(27-18)16-9-12-26-13-16/h3-6,9,12-14H,7-8,10-11H2,1-2H3. The van der Waals surface area contributed by atoms with Crippen molar-refractivity contribution in [2.75, 3.05) is 32.1 Å². The Morgan fingerprint density at radius 1 is 1.11 bits per heavy atom. The van der Waals surface area contributed by atoms with Crippen LogP contribution in [0, 0.1) is 0 Å². The number of amides is 1. The number of likely N-dealkylation sites (tertiary alicyclic amines) is 1. The summed E-state index contributed by atoms with van der Waals surface area (Å²) in [7, 11) is 3.97. The first-order chi connectivity index (χ1) is 13.1. The number of furan rings is 1. The molecule has 7 heteroatoms. The van der Waals surface area contributed by atoms with Crippen molar-refractivity contribution in [1.82, 2.24) is 15.1 Å². The van der Waals surface area contributed by atoms with Crippen LogP contribution in [0.2, 0.25) is 0 Å². The number of aromatic nitrogens is 2. The fourth-order valence-corrected chi connectivity index (χ4v) is 3.32. The first-order valence-corrected chi connectivity index (χ1v) is 9.04. The topological polar surface area (TPSA) is 75.6 Å². The monoisotopic (exact) mass is 366 g/mol. The molecule has 0 radical (unpaired) electrons. The summed E-state index contributed by atoms with van der Waals surface area (Å²) in [6.07, 6.45) is 4.79. The van der Waals surface area contributed by atoms with Crippen molar-refractivity contribution in [3.63, 3.8) is 0 Å². The Bertz CT molecular complexity index is 892. The fraction of sp³-hybridized carbons (Fsp3) is 0.350. The van der Waals surface area contributed by atoms with Crippen molar-refractivity contribution >= 4 is 11.6 Å². The van der Waals surface area contributed by atoms with Gasteiger partial charge in [-0.3, -0.25) is 4.79 Å². The number of rotatable bonds is 4. The average Bonchev–Trinajstić information content (AvgIpc) is 3.39. The van der Waals surface area contributed by atoms with Gasteiger partial charge >= 0.3 is 0 Å². The normalized spacial score (nSPS) is 15.1. The predicted octanol–water partition coefficient (Wildman–Crippen LogP) is 3.42. The van der Waals surface area contributed by atoms with Crippen molar-refractivity contribution in [3.8, 4) is 11.5 Å². The maximum absolute atomic E-state index is 12.7. The summed E-state index contributed by atoms with van der Waals surface area (Å²) in [4.78, 5) is 16.6. The molecule has 0 aliphatic carbocycles. The highest BCUT2D eigenvalue weighted by Gasteiger charge is 2.28. The molecule has 2 aromatic heterocycles. The van der Waals surface area contributed by atoms with Gasteiger partial charge in [-0.05, 0) is 43.2 Å². The van der Waals surface area contributed by atoms with Crippen LogP contribution in [-0.4, -0.2) is 48.2 Å². The summed E-state index contributed by atoms with van der Waals surface area (Å²) in [6, 6.07) is 9.50. The zero-order chi connectivity index (χ0) is 18.8. The molecule has 1 aliphatic rings. The Morgan fingerprint density at radius 3 is 2.48 bits per heavy atom. The van der Waals surface area contributed by atoms with E-state index in [1.807, 2.05) is 48.2 Å². The van der Waals surface area contributed by atoms with Gasteiger partial charge in [0.05, 0.1) is 11.8 Å². The SMILES string of the molecule is CN(C)c1ccc(C(=O)N2CCC(c3nnc(-c4ccoc4)o3)CC2)cc1. The summed E-state index contributed by atoms with van der Waals surface area (Å²) in [6.45, 7) is 1.37. The molecule has 0 spiro atoms. The molecule has 0 bridgehead atoms. The number of hydrogen-bond donors (Lipinski definition) is 0. The van der Waals surface area contributed by atoms with Gasteiger partial charge in [0.2, 0.25) is 5.89 Å². The average molecular weight is 366 g/mol. The second kappa shape index (κ2) is 7.26. The minimum atomic E-state index is 0.0726. The number of nitrogens with zero attached hydrogens (tertiary/aromatic N) is 4. The summed E-state index contributed by atoms with van der Waals surface area (Å²) in [5.74, 6) is 1.36. The highest BCUT2D eigenvalue weighted by Crippen LogP contribution is 2.30. The molecule has 3 heterocycles. The first-order valence-electron chi connectivity index (χ1n) is 9.04. The van der Waals surface area contributed by atoms with Crippen LogP contribution in [-0.2, 0) is 0 Å². The number of carbonyl (C=O) groups excluding carboxylic acids is 1. The van der Waals surface area contributed by atoms with E-state index < -0.39 is 0 Å². The van der Waals surface area contributed by atoms with Gasteiger partial charge in [0, 0.05) is 44.4 Å². The molecule has 1 aliphatic heterocycles. The van der Waals surface area contributed by atoms with Crippen molar-refractivity contribution in [2.45, 2.75) is 18.8 Å². The Kier molecular flexibility index (Phi) is 4.66. The minimum absolute atomic E-state index is 0.0726. The van der Waals surface area contributed by atoms with Crippen LogP contribution in [0.15, 0.2) is 51.7 Å². The minimum Gasteiger partial charge on any atom is -0.472 e. The van der Waals surface area contributed by atoms with Crippen LogP contribution in [0.4, 0.5) is 5.69 Å². The second-order valence-electron chi connectivity index (χ2n) is 6.97. The third kappa shape index (κ3) is 3.58. The molecule has 140 valence electrons. The number of benzene rings is 1. The lowest BCUT2D eigenvalue weighted by molar-refractivity contribution is 0.0706. The van der Waals surface area contributed by atoms with Gasteiger partial charge in [-0.1, -0.05) is 0 Å². The molecule has 1 saturated heterocycles. The summed E-state index contributed by atoms with van der Waals surface area (Å²) in [5.41, 5.74) is 2.58. The fourth-order valence-electron chi connectivity index (χ4n) is 3.32. The maximum atomic E-state index is 12.7. The molecule has 1 aromatic carbocycles. The van der Waals surface area contributed by atoms with Gasteiger partial charge in [0.15, 0.2) is 0 Å². The molecule has 0 saturated carbocycles. The van der Waals surface area contributed by atoms with E-state index in [0.717, 1.165) is 29.7 Å². The third-order valence-corrected chi connectivity index (χ3v) is 4.97. The van der Waals surface area contributed by atoms with Crippen LogP contribution in [0.25, 0.3) is 11.5 Å².